The highest BCUT2D eigenvalue weighted by molar-refractivity contribution is 6.46. The molecule has 4 heteroatoms. The van der Waals surface area contributed by atoms with Gasteiger partial charge in [0.2, 0.25) is 0 Å². The second kappa shape index (κ2) is 3.24. The van der Waals surface area contributed by atoms with E-state index in [4.69, 9.17) is 22.9 Å². The van der Waals surface area contributed by atoms with Gasteiger partial charge in [0.1, 0.15) is 5.03 Å². The second-order valence-corrected chi connectivity index (χ2v) is 1.53. The number of hydrogen-bond donors (Lipinski definition) is 2. The van der Waals surface area contributed by atoms with E-state index in [-0.39, 0.29) is 5.03 Å². The number of nitrogens with two attached hydrogens (primary N) is 1. The van der Waals surface area contributed by atoms with Crippen LogP contribution in [0.3, 0.4) is 0 Å². The molecular formula is C4H6ClN3. The molecule has 3 nitrogen and oxygen atoms in total. The van der Waals surface area contributed by atoms with Crippen molar-refractivity contribution in [3.05, 3.63) is 5.03 Å². The van der Waals surface area contributed by atoms with Gasteiger partial charge in [-0.3, -0.25) is 5.41 Å². The lowest BCUT2D eigenvalue weighted by Gasteiger charge is -1.86. The van der Waals surface area contributed by atoms with Crippen molar-refractivity contribution in [3.8, 4) is 0 Å². The molecule has 0 heterocycles. The molecular weight excluding hydrogens is 126 g/mol. The highest BCUT2D eigenvalue weighted by atomic mass is 35.5. The van der Waals surface area contributed by atoms with Crippen LogP contribution in [0.2, 0.25) is 0 Å². The average Bonchev–Trinajstić information content (AvgIpc) is 1.84. The summed E-state index contributed by atoms with van der Waals surface area (Å²) < 4.78 is 0. The van der Waals surface area contributed by atoms with Crippen LogP contribution in [0.4, 0.5) is 0 Å². The predicted octanol–water partition coefficient (Wildman–Crippen LogP) is 0.692. The molecule has 0 amide bonds. The Morgan fingerprint density at radius 2 is 2.38 bits per heavy atom. The molecule has 0 aliphatic rings. The highest BCUT2D eigenvalue weighted by Crippen LogP contribution is 1.96. The molecule has 0 rings (SSSR count). The van der Waals surface area contributed by atoms with Gasteiger partial charge in [-0.25, -0.2) is 0 Å². The Morgan fingerprint density at radius 1 is 1.88 bits per heavy atom. The number of allylic oxidation sites excluding steroid dienone is 1. The lowest BCUT2D eigenvalue weighted by Crippen LogP contribution is -1.95. The standard InChI is InChI=1S/C4H6ClN3/c1-3(8-7)4(5)2-6/h6H,7H2,1H3/b8-3+. The minimum absolute atomic E-state index is 0.146. The lowest BCUT2D eigenvalue weighted by molar-refractivity contribution is 1.24. The summed E-state index contributed by atoms with van der Waals surface area (Å²) in [6, 6.07) is 0. The Balaban J connectivity index is 4.27. The molecule has 0 aromatic rings. The fourth-order valence-corrected chi connectivity index (χ4v) is 0.196. The van der Waals surface area contributed by atoms with Gasteiger partial charge >= 0.3 is 0 Å². The number of halogens is 1. The topological polar surface area (TPSA) is 62.2 Å². The van der Waals surface area contributed by atoms with Crippen LogP contribution in [0.5, 0.6) is 0 Å². The van der Waals surface area contributed by atoms with Gasteiger partial charge in [-0.2, -0.15) is 5.10 Å². The number of rotatable bonds is 1. The molecule has 3 N–H and O–H groups in total. The third-order valence-electron chi connectivity index (χ3n) is 0.621. The molecule has 0 radical (unpaired) electrons. The van der Waals surface area contributed by atoms with Gasteiger partial charge in [0.05, 0.1) is 5.71 Å². The van der Waals surface area contributed by atoms with E-state index < -0.39 is 0 Å². The van der Waals surface area contributed by atoms with Crippen LogP contribution in [0.25, 0.3) is 0 Å². The molecule has 0 aliphatic heterocycles. The van der Waals surface area contributed by atoms with E-state index in [1.807, 2.05) is 5.87 Å². The molecule has 0 fully saturated rings. The quantitative estimate of drug-likeness (QED) is 0.307. The van der Waals surface area contributed by atoms with E-state index >= 15 is 0 Å². The number of hydrogen-bond acceptors (Lipinski definition) is 3. The van der Waals surface area contributed by atoms with Crippen molar-refractivity contribution in [1.29, 1.82) is 5.41 Å². The summed E-state index contributed by atoms with van der Waals surface area (Å²) in [7, 11) is 0. The van der Waals surface area contributed by atoms with Crippen molar-refractivity contribution in [2.75, 3.05) is 0 Å². The predicted molar refractivity (Wildman–Crippen MR) is 34.4 cm³/mol. The zero-order chi connectivity index (χ0) is 6.57. The van der Waals surface area contributed by atoms with Gasteiger partial charge in [-0.05, 0) is 6.92 Å². The van der Waals surface area contributed by atoms with Crippen LogP contribution in [0, 0.1) is 5.41 Å². The van der Waals surface area contributed by atoms with Gasteiger partial charge in [0.25, 0.3) is 0 Å². The van der Waals surface area contributed by atoms with Crippen LogP contribution >= 0.6 is 11.6 Å². The molecule has 0 aromatic carbocycles. The Hall–Kier alpha value is -0.790. The van der Waals surface area contributed by atoms with Crippen molar-refractivity contribution in [3.63, 3.8) is 0 Å². The molecule has 0 atom stereocenters. The first-order chi connectivity index (χ1) is 3.72. The maximum atomic E-state index is 6.49. The van der Waals surface area contributed by atoms with E-state index in [2.05, 4.69) is 5.10 Å². The van der Waals surface area contributed by atoms with Crippen molar-refractivity contribution >= 4 is 23.2 Å². The molecule has 44 valence electrons. The second-order valence-electron chi connectivity index (χ2n) is 1.15. The number of nitrogens with zero attached hydrogens (tertiary/aromatic N) is 1. The zero-order valence-electron chi connectivity index (χ0n) is 4.40. The summed E-state index contributed by atoms with van der Waals surface area (Å²) in [5.74, 6) is 6.74. The summed E-state index contributed by atoms with van der Waals surface area (Å²) in [4.78, 5) is 0. The molecule has 0 saturated carbocycles. The molecule has 0 saturated heterocycles. The van der Waals surface area contributed by atoms with Crippen molar-refractivity contribution in [2.45, 2.75) is 6.92 Å². The van der Waals surface area contributed by atoms with Crippen LogP contribution in [0.1, 0.15) is 6.92 Å². The lowest BCUT2D eigenvalue weighted by atomic mass is 10.4. The summed E-state index contributed by atoms with van der Waals surface area (Å²) in [6.45, 7) is 1.60. The first-order valence-corrected chi connectivity index (χ1v) is 2.30. The molecule has 0 bridgehead atoms. The van der Waals surface area contributed by atoms with Gasteiger partial charge in [-0.1, -0.05) is 11.6 Å². The largest absolute Gasteiger partial charge is 0.323 e. The fraction of sp³-hybridized carbons (Fsp3) is 0.250. The number of nitrogens with one attached hydrogen (secondary N) is 1. The Kier molecular flexibility index (Phi) is 2.92. The minimum atomic E-state index is 0.146. The van der Waals surface area contributed by atoms with Crippen molar-refractivity contribution < 1.29 is 0 Å². The van der Waals surface area contributed by atoms with Crippen LogP contribution in [0.15, 0.2) is 10.1 Å². The third kappa shape index (κ3) is 1.78. The van der Waals surface area contributed by atoms with Gasteiger partial charge < -0.3 is 5.84 Å². The Labute approximate surface area is 52.3 Å². The molecule has 0 aromatic heterocycles. The molecule has 0 spiro atoms. The van der Waals surface area contributed by atoms with Gasteiger partial charge in [0.15, 0.2) is 0 Å². The van der Waals surface area contributed by atoms with E-state index in [9.17, 15) is 0 Å². The van der Waals surface area contributed by atoms with Crippen molar-refractivity contribution in [1.82, 2.24) is 0 Å². The summed E-state index contributed by atoms with van der Waals surface area (Å²) >= 11 is 5.32. The SMILES string of the molecule is C/C(=N\N)C(Cl)=C=N. The van der Waals surface area contributed by atoms with Gasteiger partial charge in [-0.15, -0.1) is 0 Å². The monoisotopic (exact) mass is 131 g/mol. The molecule has 0 unspecified atom stereocenters. The first kappa shape index (κ1) is 7.21. The third-order valence-corrected chi connectivity index (χ3v) is 0.989. The first-order valence-electron chi connectivity index (χ1n) is 1.92. The van der Waals surface area contributed by atoms with E-state index in [1.54, 1.807) is 6.92 Å². The van der Waals surface area contributed by atoms with Crippen LogP contribution in [-0.4, -0.2) is 11.6 Å². The van der Waals surface area contributed by atoms with E-state index in [0.29, 0.717) is 5.71 Å². The summed E-state index contributed by atoms with van der Waals surface area (Å²) in [5, 5.41) is 9.86. The van der Waals surface area contributed by atoms with E-state index in [1.165, 1.54) is 0 Å². The number of hydrazone groups is 1. The zero-order valence-corrected chi connectivity index (χ0v) is 5.16. The molecule has 0 aliphatic carbocycles. The van der Waals surface area contributed by atoms with Crippen molar-refractivity contribution in [2.24, 2.45) is 10.9 Å². The fourth-order valence-electron chi connectivity index (χ4n) is 0.147. The van der Waals surface area contributed by atoms with Gasteiger partial charge in [0, 0.05) is 5.87 Å². The van der Waals surface area contributed by atoms with Crippen LogP contribution in [-0.2, 0) is 0 Å². The maximum Gasteiger partial charge on any atom is 0.124 e. The smallest absolute Gasteiger partial charge is 0.124 e. The molecule has 8 heavy (non-hydrogen) atoms. The Morgan fingerprint density at radius 3 is 2.50 bits per heavy atom. The average molecular weight is 132 g/mol. The van der Waals surface area contributed by atoms with Crippen LogP contribution < -0.4 is 5.84 Å². The maximum absolute atomic E-state index is 6.49. The minimum Gasteiger partial charge on any atom is -0.323 e. The summed E-state index contributed by atoms with van der Waals surface area (Å²) in [6.07, 6.45) is 0. The summed E-state index contributed by atoms with van der Waals surface area (Å²) in [5.41, 5.74) is 0.418. The normalized spacial score (nSPS) is 10.5. The Bertz CT molecular complexity index is 155. The highest BCUT2D eigenvalue weighted by Gasteiger charge is 1.92. The van der Waals surface area contributed by atoms with E-state index in [0.717, 1.165) is 0 Å².